The lowest BCUT2D eigenvalue weighted by atomic mass is 10.3. The number of halogens is 1. The molecular weight excluding hydrogens is 380 g/mol. The number of hydrogen-bond donors (Lipinski definition) is 1. The lowest BCUT2D eigenvalue weighted by Gasteiger charge is -2.05. The number of aromatic nitrogens is 1. The van der Waals surface area contributed by atoms with Gasteiger partial charge in [-0.2, -0.15) is 0 Å². The molecule has 1 aromatic carbocycles. The lowest BCUT2D eigenvalue weighted by molar-refractivity contribution is 0.603. The summed E-state index contributed by atoms with van der Waals surface area (Å²) in [7, 11) is -3.54. The normalized spacial score (nSPS) is 11.9. The molecule has 0 aliphatic heterocycles. The minimum atomic E-state index is -3.54. The molecule has 0 radical (unpaired) electrons. The van der Waals surface area contributed by atoms with E-state index in [-0.39, 0.29) is 0 Å². The third kappa shape index (κ3) is 2.60. The highest BCUT2D eigenvalue weighted by atomic mass is 79.9. The van der Waals surface area contributed by atoms with Crippen molar-refractivity contribution in [1.29, 1.82) is 0 Å². The highest BCUT2D eigenvalue weighted by Crippen LogP contribution is 2.32. The average molecular weight is 389 g/mol. The zero-order valence-corrected chi connectivity index (χ0v) is 14.3. The van der Waals surface area contributed by atoms with Gasteiger partial charge in [0.25, 0.3) is 10.0 Å². The van der Waals surface area contributed by atoms with E-state index in [0.717, 1.165) is 19.6 Å². The van der Waals surface area contributed by atoms with Gasteiger partial charge < -0.3 is 0 Å². The maximum Gasteiger partial charge on any atom is 0.271 e. The molecule has 0 aliphatic carbocycles. The Morgan fingerprint density at radius 3 is 2.80 bits per heavy atom. The monoisotopic (exact) mass is 388 g/mol. The Bertz CT molecular complexity index is 864. The van der Waals surface area contributed by atoms with E-state index >= 15 is 0 Å². The number of sulfonamides is 1. The summed E-state index contributed by atoms with van der Waals surface area (Å²) in [5.41, 5.74) is 4.06. The van der Waals surface area contributed by atoms with Gasteiger partial charge in [0.05, 0.1) is 25.2 Å². The molecule has 104 valence electrons. The summed E-state index contributed by atoms with van der Waals surface area (Å²) >= 11 is 6.02. The molecule has 0 spiro atoms. The molecule has 4 nitrogen and oxygen atoms in total. The highest BCUT2D eigenvalue weighted by Gasteiger charge is 2.18. The zero-order chi connectivity index (χ0) is 14.3. The van der Waals surface area contributed by atoms with Gasteiger partial charge >= 0.3 is 0 Å². The number of rotatable bonds is 3. The van der Waals surface area contributed by atoms with Gasteiger partial charge in [0, 0.05) is 0 Å². The SMILES string of the molecule is Cc1cc(S(=O)(=O)Nc2ccc3ncsc3c2)sc1Br. The zero-order valence-electron chi connectivity index (χ0n) is 10.3. The van der Waals surface area contributed by atoms with Gasteiger partial charge in [0.15, 0.2) is 0 Å². The number of fused-ring (bicyclic) bond motifs is 1. The highest BCUT2D eigenvalue weighted by molar-refractivity contribution is 9.11. The minimum absolute atomic E-state index is 0.297. The van der Waals surface area contributed by atoms with Crippen LogP contribution < -0.4 is 4.72 Å². The van der Waals surface area contributed by atoms with Gasteiger partial charge in [0.1, 0.15) is 4.21 Å². The standard InChI is InChI=1S/C12H9BrN2O2S3/c1-7-4-11(19-12(7)13)20(16,17)15-8-2-3-9-10(5-8)18-6-14-9/h2-6,15H,1H3. The van der Waals surface area contributed by atoms with E-state index in [4.69, 9.17) is 0 Å². The van der Waals surface area contributed by atoms with Crippen LogP contribution in [0.1, 0.15) is 5.56 Å². The largest absolute Gasteiger partial charge is 0.279 e. The molecule has 0 atom stereocenters. The van der Waals surface area contributed by atoms with Crippen LogP contribution in [0.25, 0.3) is 10.2 Å². The molecule has 20 heavy (non-hydrogen) atoms. The van der Waals surface area contributed by atoms with Crippen LogP contribution in [0.15, 0.2) is 37.8 Å². The predicted molar refractivity (Wildman–Crippen MR) is 87.2 cm³/mol. The van der Waals surface area contributed by atoms with Crippen LogP contribution in [0, 0.1) is 6.92 Å². The summed E-state index contributed by atoms with van der Waals surface area (Å²) in [6, 6.07) is 6.97. The fraction of sp³-hybridized carbons (Fsp3) is 0.0833. The topological polar surface area (TPSA) is 59.1 Å². The van der Waals surface area contributed by atoms with Crippen molar-refractivity contribution in [3.8, 4) is 0 Å². The Hall–Kier alpha value is -0.960. The van der Waals surface area contributed by atoms with Gasteiger partial charge in [-0.05, 0) is 52.7 Å². The summed E-state index contributed by atoms with van der Waals surface area (Å²) in [6.45, 7) is 1.86. The maximum absolute atomic E-state index is 12.3. The van der Waals surface area contributed by atoms with Crippen molar-refractivity contribution in [1.82, 2.24) is 4.98 Å². The number of anilines is 1. The molecule has 2 heterocycles. The second kappa shape index (κ2) is 5.10. The van der Waals surface area contributed by atoms with Crippen molar-refractivity contribution in [2.24, 2.45) is 0 Å². The van der Waals surface area contributed by atoms with E-state index in [1.807, 2.05) is 6.92 Å². The second-order valence-electron chi connectivity index (χ2n) is 4.16. The smallest absolute Gasteiger partial charge is 0.271 e. The number of hydrogen-bond acceptors (Lipinski definition) is 5. The number of nitrogens with one attached hydrogen (secondary N) is 1. The van der Waals surface area contributed by atoms with Crippen LogP contribution >= 0.6 is 38.6 Å². The minimum Gasteiger partial charge on any atom is -0.279 e. The summed E-state index contributed by atoms with van der Waals surface area (Å²) in [4.78, 5) is 4.17. The number of benzene rings is 1. The van der Waals surface area contributed by atoms with Gasteiger partial charge in [-0.1, -0.05) is 0 Å². The van der Waals surface area contributed by atoms with E-state index < -0.39 is 10.0 Å². The van der Waals surface area contributed by atoms with Crippen LogP contribution in [-0.2, 0) is 10.0 Å². The fourth-order valence-electron chi connectivity index (χ4n) is 1.69. The Labute approximate surface area is 132 Å². The number of aryl methyl sites for hydroxylation is 1. The Morgan fingerprint density at radius 1 is 1.30 bits per heavy atom. The third-order valence-corrected chi connectivity index (χ3v) is 7.47. The predicted octanol–water partition coefficient (Wildman–Crippen LogP) is 4.23. The van der Waals surface area contributed by atoms with Crippen LogP contribution in [-0.4, -0.2) is 13.4 Å². The van der Waals surface area contributed by atoms with Crippen molar-refractivity contribution in [2.45, 2.75) is 11.1 Å². The molecule has 0 saturated heterocycles. The van der Waals surface area contributed by atoms with Crippen molar-refractivity contribution >= 4 is 64.5 Å². The van der Waals surface area contributed by atoms with Gasteiger partial charge in [0.2, 0.25) is 0 Å². The molecule has 0 fully saturated rings. The number of thiophene rings is 1. The van der Waals surface area contributed by atoms with E-state index in [1.165, 1.54) is 22.7 Å². The van der Waals surface area contributed by atoms with Gasteiger partial charge in [-0.15, -0.1) is 22.7 Å². The van der Waals surface area contributed by atoms with Crippen LogP contribution in [0.4, 0.5) is 5.69 Å². The van der Waals surface area contributed by atoms with E-state index in [0.29, 0.717) is 9.90 Å². The van der Waals surface area contributed by atoms with E-state index in [9.17, 15) is 8.42 Å². The molecule has 3 aromatic rings. The van der Waals surface area contributed by atoms with Crippen molar-refractivity contribution in [3.63, 3.8) is 0 Å². The number of nitrogens with zero attached hydrogens (tertiary/aromatic N) is 1. The molecule has 0 saturated carbocycles. The summed E-state index contributed by atoms with van der Waals surface area (Å²) in [5.74, 6) is 0. The van der Waals surface area contributed by atoms with Gasteiger partial charge in [-0.3, -0.25) is 4.72 Å². The quantitative estimate of drug-likeness (QED) is 0.729. The second-order valence-corrected chi connectivity index (χ2v) is 9.33. The first kappa shape index (κ1) is 14.0. The Balaban J connectivity index is 1.96. The maximum atomic E-state index is 12.3. The summed E-state index contributed by atoms with van der Waals surface area (Å²) in [6.07, 6.45) is 0. The van der Waals surface area contributed by atoms with E-state index in [2.05, 4.69) is 25.6 Å². The fourth-order valence-corrected chi connectivity index (χ4v) is 5.68. The number of thiazole rings is 1. The average Bonchev–Trinajstić information content (AvgIpc) is 2.96. The molecule has 0 bridgehead atoms. The van der Waals surface area contributed by atoms with Crippen molar-refractivity contribution in [3.05, 3.63) is 39.1 Å². The van der Waals surface area contributed by atoms with Crippen molar-refractivity contribution in [2.75, 3.05) is 4.72 Å². The molecule has 0 amide bonds. The molecule has 0 unspecified atom stereocenters. The molecule has 8 heteroatoms. The Morgan fingerprint density at radius 2 is 2.10 bits per heavy atom. The first-order chi connectivity index (χ1) is 9.45. The summed E-state index contributed by atoms with van der Waals surface area (Å²) < 4.78 is 29.3. The van der Waals surface area contributed by atoms with Crippen LogP contribution in [0.2, 0.25) is 0 Å². The molecule has 2 aromatic heterocycles. The molecule has 1 N–H and O–H groups in total. The van der Waals surface area contributed by atoms with Crippen LogP contribution in [0.3, 0.4) is 0 Å². The Kier molecular flexibility index (Phi) is 3.57. The first-order valence-electron chi connectivity index (χ1n) is 5.58. The van der Waals surface area contributed by atoms with Crippen molar-refractivity contribution < 1.29 is 8.42 Å². The molecule has 0 aliphatic rings. The molecular formula is C12H9BrN2O2S3. The van der Waals surface area contributed by atoms with E-state index in [1.54, 1.807) is 29.8 Å². The van der Waals surface area contributed by atoms with Gasteiger partial charge in [-0.25, -0.2) is 13.4 Å². The van der Waals surface area contributed by atoms with Crippen LogP contribution in [0.5, 0.6) is 0 Å². The molecule has 3 rings (SSSR count). The lowest BCUT2D eigenvalue weighted by Crippen LogP contribution is -2.11. The summed E-state index contributed by atoms with van der Waals surface area (Å²) in [5, 5.41) is 0. The first-order valence-corrected chi connectivity index (χ1v) is 9.55. The third-order valence-electron chi connectivity index (χ3n) is 2.68.